The van der Waals surface area contributed by atoms with Gasteiger partial charge in [0.2, 0.25) is 0 Å². The van der Waals surface area contributed by atoms with Crippen molar-refractivity contribution in [3.8, 4) is 0 Å². The van der Waals surface area contributed by atoms with E-state index in [1.54, 1.807) is 0 Å². The molecule has 1 heterocycles. The molecule has 0 amide bonds. The summed E-state index contributed by atoms with van der Waals surface area (Å²) in [5, 5.41) is 0. The molecule has 3 heteroatoms. The van der Waals surface area contributed by atoms with Gasteiger partial charge in [0.15, 0.2) is 0 Å². The number of anilines is 1. The molecule has 2 atom stereocenters. The van der Waals surface area contributed by atoms with Crippen LogP contribution in [-0.4, -0.2) is 43.2 Å². The molecule has 1 aromatic carbocycles. The molecule has 0 aromatic heterocycles. The standard InChI is InChI=1S/C30H51N3/c1-5-25(4)30(31)23-32-20-18-29(19-21-32)33(22-17-24(2)3)28-15-13-27(14-16-28)12-11-26-9-7-6-8-10-26/h13-17,25-26,29-30H,5-12,18-23,31H2,1-4H3/t25?,30-/m1/s1. The van der Waals surface area contributed by atoms with Gasteiger partial charge in [0.1, 0.15) is 0 Å². The maximum atomic E-state index is 6.45. The minimum Gasteiger partial charge on any atom is -0.365 e. The molecule has 0 spiro atoms. The van der Waals surface area contributed by atoms with E-state index < -0.39 is 0 Å². The lowest BCUT2D eigenvalue weighted by molar-refractivity contribution is 0.184. The van der Waals surface area contributed by atoms with Gasteiger partial charge < -0.3 is 15.5 Å². The Morgan fingerprint density at radius 1 is 1.06 bits per heavy atom. The fourth-order valence-corrected chi connectivity index (χ4v) is 5.64. The number of hydrogen-bond acceptors (Lipinski definition) is 3. The zero-order valence-corrected chi connectivity index (χ0v) is 22.1. The monoisotopic (exact) mass is 453 g/mol. The van der Waals surface area contributed by atoms with Gasteiger partial charge in [-0.3, -0.25) is 0 Å². The lowest BCUT2D eigenvalue weighted by Gasteiger charge is -2.40. The predicted molar refractivity (Wildman–Crippen MR) is 145 cm³/mol. The summed E-state index contributed by atoms with van der Waals surface area (Å²) in [5.41, 5.74) is 10.8. The number of benzene rings is 1. The topological polar surface area (TPSA) is 32.5 Å². The molecule has 1 unspecified atom stereocenters. The summed E-state index contributed by atoms with van der Waals surface area (Å²) >= 11 is 0. The second kappa shape index (κ2) is 13.5. The summed E-state index contributed by atoms with van der Waals surface area (Å²) in [5.74, 6) is 1.57. The van der Waals surface area contributed by atoms with Gasteiger partial charge in [-0.2, -0.15) is 0 Å². The molecule has 1 aromatic rings. The van der Waals surface area contributed by atoms with Gasteiger partial charge in [0.25, 0.3) is 0 Å². The molecular weight excluding hydrogens is 402 g/mol. The minimum atomic E-state index is 0.300. The Kier molecular flexibility index (Phi) is 10.8. The van der Waals surface area contributed by atoms with E-state index in [0.717, 1.165) is 19.0 Å². The Labute approximate surface area is 204 Å². The van der Waals surface area contributed by atoms with Crippen LogP contribution in [0.3, 0.4) is 0 Å². The zero-order chi connectivity index (χ0) is 23.6. The number of aryl methyl sites for hydroxylation is 1. The first-order valence-corrected chi connectivity index (χ1v) is 13.9. The molecule has 0 radical (unpaired) electrons. The molecule has 1 aliphatic carbocycles. The Balaban J connectivity index is 1.57. The highest BCUT2D eigenvalue weighted by molar-refractivity contribution is 5.49. The lowest BCUT2D eigenvalue weighted by atomic mass is 9.85. The van der Waals surface area contributed by atoms with Crippen molar-refractivity contribution in [2.75, 3.05) is 31.1 Å². The van der Waals surface area contributed by atoms with E-state index in [4.69, 9.17) is 5.73 Å². The van der Waals surface area contributed by atoms with Gasteiger partial charge in [-0.05, 0) is 69.1 Å². The molecule has 3 rings (SSSR count). The summed E-state index contributed by atoms with van der Waals surface area (Å²) < 4.78 is 0. The molecule has 3 nitrogen and oxygen atoms in total. The van der Waals surface area contributed by atoms with E-state index in [2.05, 4.69) is 67.8 Å². The maximum Gasteiger partial charge on any atom is 0.0371 e. The Morgan fingerprint density at radius 3 is 2.33 bits per heavy atom. The molecule has 1 aliphatic heterocycles. The van der Waals surface area contributed by atoms with Crippen molar-refractivity contribution in [1.29, 1.82) is 0 Å². The third kappa shape index (κ3) is 8.44. The molecule has 1 saturated carbocycles. The van der Waals surface area contributed by atoms with Crippen LogP contribution in [0, 0.1) is 11.8 Å². The number of likely N-dealkylation sites (tertiary alicyclic amines) is 1. The van der Waals surface area contributed by atoms with Gasteiger partial charge in [0, 0.05) is 44.0 Å². The van der Waals surface area contributed by atoms with E-state index >= 15 is 0 Å². The SMILES string of the molecule is CCC(C)[C@H](N)CN1CCC(N(CC=C(C)C)c2ccc(CCC3CCCCC3)cc2)CC1. The Morgan fingerprint density at radius 2 is 1.73 bits per heavy atom. The van der Waals surface area contributed by atoms with E-state index in [0.29, 0.717) is 18.0 Å². The molecule has 2 aliphatic rings. The van der Waals surface area contributed by atoms with Gasteiger partial charge in [-0.1, -0.05) is 76.2 Å². The number of hydrogen-bond donors (Lipinski definition) is 1. The van der Waals surface area contributed by atoms with E-state index in [-0.39, 0.29) is 0 Å². The van der Waals surface area contributed by atoms with E-state index in [1.807, 2.05) is 0 Å². The average Bonchev–Trinajstić information content (AvgIpc) is 2.84. The van der Waals surface area contributed by atoms with Gasteiger partial charge in [0.05, 0.1) is 0 Å². The van der Waals surface area contributed by atoms with Crippen molar-refractivity contribution in [2.45, 2.75) is 104 Å². The highest BCUT2D eigenvalue weighted by Crippen LogP contribution is 2.29. The highest BCUT2D eigenvalue weighted by Gasteiger charge is 2.26. The summed E-state index contributed by atoms with van der Waals surface area (Å²) in [6, 6.07) is 10.5. The van der Waals surface area contributed by atoms with Crippen molar-refractivity contribution < 1.29 is 0 Å². The van der Waals surface area contributed by atoms with Gasteiger partial charge in [-0.15, -0.1) is 0 Å². The molecule has 2 N–H and O–H groups in total. The lowest BCUT2D eigenvalue weighted by Crippen LogP contribution is -2.49. The molecule has 33 heavy (non-hydrogen) atoms. The summed E-state index contributed by atoms with van der Waals surface area (Å²) in [6.07, 6.45) is 15.9. The van der Waals surface area contributed by atoms with Crippen molar-refractivity contribution in [3.63, 3.8) is 0 Å². The third-order valence-corrected chi connectivity index (χ3v) is 8.37. The highest BCUT2D eigenvalue weighted by atomic mass is 15.2. The summed E-state index contributed by atoms with van der Waals surface area (Å²) in [4.78, 5) is 5.25. The first-order chi connectivity index (χ1) is 16.0. The number of nitrogens with zero attached hydrogens (tertiary/aromatic N) is 2. The summed E-state index contributed by atoms with van der Waals surface area (Å²) in [7, 11) is 0. The van der Waals surface area contributed by atoms with E-state index in [1.165, 1.54) is 94.1 Å². The quantitative estimate of drug-likeness (QED) is 0.374. The largest absolute Gasteiger partial charge is 0.365 e. The second-order valence-electron chi connectivity index (χ2n) is 11.2. The third-order valence-electron chi connectivity index (χ3n) is 8.37. The predicted octanol–water partition coefficient (Wildman–Crippen LogP) is 6.81. The maximum absolute atomic E-state index is 6.45. The summed E-state index contributed by atoms with van der Waals surface area (Å²) in [6.45, 7) is 13.4. The molecule has 1 saturated heterocycles. The number of piperidine rings is 1. The van der Waals surface area contributed by atoms with Crippen molar-refractivity contribution in [2.24, 2.45) is 17.6 Å². The fourth-order valence-electron chi connectivity index (χ4n) is 5.64. The fraction of sp³-hybridized carbons (Fsp3) is 0.733. The molecule has 0 bridgehead atoms. The molecule has 2 fully saturated rings. The Bertz CT molecular complexity index is 692. The zero-order valence-electron chi connectivity index (χ0n) is 22.1. The molecular formula is C30H51N3. The van der Waals surface area contributed by atoms with Crippen LogP contribution < -0.4 is 10.6 Å². The first kappa shape index (κ1) is 26.3. The normalized spacial score (nSPS) is 20.4. The number of rotatable bonds is 11. The van der Waals surface area contributed by atoms with Gasteiger partial charge >= 0.3 is 0 Å². The second-order valence-corrected chi connectivity index (χ2v) is 11.2. The first-order valence-electron chi connectivity index (χ1n) is 13.9. The van der Waals surface area contributed by atoms with Crippen LogP contribution in [0.25, 0.3) is 0 Å². The van der Waals surface area contributed by atoms with Gasteiger partial charge in [-0.25, -0.2) is 0 Å². The average molecular weight is 454 g/mol. The van der Waals surface area contributed by atoms with Crippen LogP contribution >= 0.6 is 0 Å². The molecule has 186 valence electrons. The minimum absolute atomic E-state index is 0.300. The van der Waals surface area contributed by atoms with Crippen molar-refractivity contribution in [1.82, 2.24) is 4.90 Å². The Hall–Kier alpha value is -1.32. The van der Waals surface area contributed by atoms with Crippen molar-refractivity contribution in [3.05, 3.63) is 41.5 Å². The van der Waals surface area contributed by atoms with Crippen LogP contribution in [0.15, 0.2) is 35.9 Å². The van der Waals surface area contributed by atoms with Crippen LogP contribution in [0.2, 0.25) is 0 Å². The smallest absolute Gasteiger partial charge is 0.0371 e. The number of nitrogens with two attached hydrogens (primary N) is 1. The van der Waals surface area contributed by atoms with E-state index in [9.17, 15) is 0 Å². The van der Waals surface area contributed by atoms with Crippen LogP contribution in [0.4, 0.5) is 5.69 Å². The number of allylic oxidation sites excluding steroid dienone is 1. The van der Waals surface area contributed by atoms with Crippen molar-refractivity contribution >= 4 is 5.69 Å². The van der Waals surface area contributed by atoms with Crippen LogP contribution in [-0.2, 0) is 6.42 Å². The van der Waals surface area contributed by atoms with Crippen LogP contribution in [0.5, 0.6) is 0 Å². The van der Waals surface area contributed by atoms with Crippen LogP contribution in [0.1, 0.15) is 91.0 Å².